The number of carbonyl (C=O) groups is 1. The summed E-state index contributed by atoms with van der Waals surface area (Å²) in [6, 6.07) is 8.23. The molecule has 3 fully saturated rings. The molecule has 1 unspecified atom stereocenters. The molecule has 1 heterocycles. The van der Waals surface area contributed by atoms with E-state index in [0.717, 1.165) is 56.3 Å². The van der Waals surface area contributed by atoms with Crippen molar-refractivity contribution in [3.05, 3.63) is 34.9 Å². The van der Waals surface area contributed by atoms with E-state index < -0.39 is 5.60 Å². The van der Waals surface area contributed by atoms with E-state index in [4.69, 9.17) is 16.4 Å². The van der Waals surface area contributed by atoms with Gasteiger partial charge in [-0.1, -0.05) is 62.3 Å². The zero-order valence-corrected chi connectivity index (χ0v) is 22.3. The van der Waals surface area contributed by atoms with Crippen molar-refractivity contribution in [3.8, 4) is 0 Å². The lowest BCUT2D eigenvalue weighted by molar-refractivity contribution is -0.0980. The normalized spacial score (nSPS) is 22.7. The second kappa shape index (κ2) is 15.6. The largest absolute Gasteiger partial charge is 0.389 e. The van der Waals surface area contributed by atoms with Crippen molar-refractivity contribution in [3.63, 3.8) is 0 Å². The van der Waals surface area contributed by atoms with Gasteiger partial charge in [0.25, 0.3) is 0 Å². The standard InChI is InChI=1S/C25H39ClN2O.CH2O.2ClH/c26-23-11-7-10-22(18-23)24(25(29)12-5-2-6-13-25)20-28-16-14-27(15-17-28)19-21-8-3-1-4-9-21;1-2;;/h7,10-11,18,21,24,29H,1-6,8-9,12-17,19-20H2;1H2;2*1H. The Kier molecular flexibility index (Phi) is 14.5. The van der Waals surface area contributed by atoms with Gasteiger partial charge in [0.15, 0.2) is 0 Å². The molecule has 0 amide bonds. The molecule has 4 rings (SSSR count). The highest BCUT2D eigenvalue weighted by molar-refractivity contribution is 6.30. The summed E-state index contributed by atoms with van der Waals surface area (Å²) in [5.74, 6) is 1.09. The molecule has 3 aliphatic rings. The molecule has 0 aromatic heterocycles. The summed E-state index contributed by atoms with van der Waals surface area (Å²) in [6.07, 6.45) is 12.6. The van der Waals surface area contributed by atoms with Crippen LogP contribution in [0.3, 0.4) is 0 Å². The summed E-state index contributed by atoms with van der Waals surface area (Å²) in [6.45, 7) is 8.86. The topological polar surface area (TPSA) is 43.8 Å². The molecular formula is C26H43Cl3N2O2. The van der Waals surface area contributed by atoms with Crippen LogP contribution in [0.15, 0.2) is 24.3 Å². The Bertz CT molecular complexity index is 659. The molecule has 33 heavy (non-hydrogen) atoms. The van der Waals surface area contributed by atoms with E-state index >= 15 is 0 Å². The molecule has 4 nitrogen and oxygen atoms in total. The summed E-state index contributed by atoms with van der Waals surface area (Å²) in [4.78, 5) is 13.3. The van der Waals surface area contributed by atoms with Crippen molar-refractivity contribution in [2.75, 3.05) is 39.3 Å². The van der Waals surface area contributed by atoms with Gasteiger partial charge in [0.1, 0.15) is 6.79 Å². The van der Waals surface area contributed by atoms with Crippen LogP contribution in [0.25, 0.3) is 0 Å². The van der Waals surface area contributed by atoms with Gasteiger partial charge >= 0.3 is 0 Å². The van der Waals surface area contributed by atoms with E-state index in [2.05, 4.69) is 21.9 Å². The predicted octanol–water partition coefficient (Wildman–Crippen LogP) is 5.98. The highest BCUT2D eigenvalue weighted by Gasteiger charge is 2.40. The maximum atomic E-state index is 11.6. The second-order valence-corrected chi connectivity index (χ2v) is 10.3. The summed E-state index contributed by atoms with van der Waals surface area (Å²) in [7, 11) is 0. The number of rotatable bonds is 6. The smallest absolute Gasteiger partial charge is 0.106 e. The minimum atomic E-state index is -0.581. The molecule has 1 aromatic rings. The van der Waals surface area contributed by atoms with E-state index in [1.807, 2.05) is 18.9 Å². The first-order chi connectivity index (χ1) is 15.1. The molecule has 1 aromatic carbocycles. The number of hydrogen-bond donors (Lipinski definition) is 1. The van der Waals surface area contributed by atoms with Crippen molar-refractivity contribution >= 4 is 43.2 Å². The van der Waals surface area contributed by atoms with Crippen LogP contribution in [0, 0.1) is 5.92 Å². The molecule has 1 atom stereocenters. The van der Waals surface area contributed by atoms with Gasteiger partial charge < -0.3 is 19.7 Å². The van der Waals surface area contributed by atoms with Gasteiger partial charge in [0.05, 0.1) is 5.60 Å². The van der Waals surface area contributed by atoms with Crippen LogP contribution in [0.2, 0.25) is 5.02 Å². The quantitative estimate of drug-likeness (QED) is 0.500. The van der Waals surface area contributed by atoms with Gasteiger partial charge in [-0.25, -0.2) is 0 Å². The van der Waals surface area contributed by atoms with Crippen molar-refractivity contribution in [1.82, 2.24) is 9.80 Å². The molecule has 1 aliphatic heterocycles. The Balaban J connectivity index is 0.00000133. The van der Waals surface area contributed by atoms with Crippen LogP contribution in [0.1, 0.15) is 75.7 Å². The number of carbonyl (C=O) groups excluding carboxylic acids is 1. The van der Waals surface area contributed by atoms with Gasteiger partial charge in [0, 0.05) is 50.2 Å². The van der Waals surface area contributed by atoms with Crippen molar-refractivity contribution in [2.45, 2.75) is 75.7 Å². The maximum absolute atomic E-state index is 11.6. The molecule has 2 saturated carbocycles. The summed E-state index contributed by atoms with van der Waals surface area (Å²) < 4.78 is 0. The fraction of sp³-hybridized carbons (Fsp3) is 0.731. The summed E-state index contributed by atoms with van der Waals surface area (Å²) in [5.41, 5.74) is 0.633. The van der Waals surface area contributed by atoms with Gasteiger partial charge in [0.2, 0.25) is 0 Å². The van der Waals surface area contributed by atoms with E-state index in [9.17, 15) is 5.11 Å². The van der Waals surface area contributed by atoms with Crippen LogP contribution >= 0.6 is 36.4 Å². The average molecular weight is 522 g/mol. The summed E-state index contributed by atoms with van der Waals surface area (Å²) >= 11 is 6.33. The molecular weight excluding hydrogens is 479 g/mol. The van der Waals surface area contributed by atoms with E-state index in [-0.39, 0.29) is 30.7 Å². The van der Waals surface area contributed by atoms with Crippen molar-refractivity contribution in [1.29, 1.82) is 0 Å². The maximum Gasteiger partial charge on any atom is 0.106 e. The molecule has 0 radical (unpaired) electrons. The molecule has 1 saturated heterocycles. The lowest BCUT2D eigenvalue weighted by Gasteiger charge is -2.44. The lowest BCUT2D eigenvalue weighted by Crippen LogP contribution is -2.51. The molecule has 1 N–H and O–H groups in total. The third-order valence-corrected chi connectivity index (χ3v) is 8.00. The molecule has 2 aliphatic carbocycles. The fourth-order valence-electron chi connectivity index (χ4n) is 5.97. The monoisotopic (exact) mass is 520 g/mol. The third kappa shape index (κ3) is 8.98. The Labute approximate surface area is 218 Å². The minimum absolute atomic E-state index is 0. The van der Waals surface area contributed by atoms with Crippen LogP contribution in [0.4, 0.5) is 0 Å². The van der Waals surface area contributed by atoms with Crippen LogP contribution in [-0.2, 0) is 4.79 Å². The number of halogens is 3. The number of aliphatic hydroxyl groups is 1. The Hall–Kier alpha value is -0.360. The van der Waals surface area contributed by atoms with E-state index in [0.29, 0.717) is 0 Å². The molecule has 0 spiro atoms. The number of benzene rings is 1. The molecule has 0 bridgehead atoms. The molecule has 7 heteroatoms. The van der Waals surface area contributed by atoms with Gasteiger partial charge in [-0.15, -0.1) is 24.8 Å². The van der Waals surface area contributed by atoms with Crippen molar-refractivity contribution in [2.24, 2.45) is 5.92 Å². The summed E-state index contributed by atoms with van der Waals surface area (Å²) in [5, 5.41) is 12.4. The average Bonchev–Trinajstić information content (AvgIpc) is 2.81. The van der Waals surface area contributed by atoms with Crippen LogP contribution in [-0.4, -0.2) is 66.6 Å². The van der Waals surface area contributed by atoms with Crippen LogP contribution < -0.4 is 0 Å². The van der Waals surface area contributed by atoms with E-state index in [1.54, 1.807) is 0 Å². The Morgan fingerprint density at radius 1 is 0.939 bits per heavy atom. The van der Waals surface area contributed by atoms with Crippen LogP contribution in [0.5, 0.6) is 0 Å². The Morgan fingerprint density at radius 2 is 1.52 bits per heavy atom. The lowest BCUT2D eigenvalue weighted by atomic mass is 9.72. The van der Waals surface area contributed by atoms with Gasteiger partial charge in [-0.3, -0.25) is 0 Å². The molecule has 190 valence electrons. The highest BCUT2D eigenvalue weighted by atomic mass is 35.5. The second-order valence-electron chi connectivity index (χ2n) is 9.88. The number of piperazine rings is 1. The van der Waals surface area contributed by atoms with Gasteiger partial charge in [-0.05, 0) is 49.3 Å². The van der Waals surface area contributed by atoms with E-state index in [1.165, 1.54) is 63.7 Å². The third-order valence-electron chi connectivity index (χ3n) is 7.77. The SMILES string of the molecule is C=O.Cl.Cl.OC1(C(CN2CCN(CC3CCCCC3)CC2)c2cccc(Cl)c2)CCCCC1. The first-order valence-corrected chi connectivity index (χ1v) is 12.7. The fourth-order valence-corrected chi connectivity index (χ4v) is 6.17. The predicted molar refractivity (Wildman–Crippen MR) is 143 cm³/mol. The minimum Gasteiger partial charge on any atom is -0.389 e. The first-order valence-electron chi connectivity index (χ1n) is 12.3. The zero-order chi connectivity index (χ0) is 22.1. The number of hydrogen-bond acceptors (Lipinski definition) is 4. The highest BCUT2D eigenvalue weighted by Crippen LogP contribution is 2.41. The zero-order valence-electron chi connectivity index (χ0n) is 19.9. The van der Waals surface area contributed by atoms with Crippen molar-refractivity contribution < 1.29 is 9.90 Å². The Morgan fingerprint density at radius 3 is 2.12 bits per heavy atom. The van der Waals surface area contributed by atoms with Gasteiger partial charge in [-0.2, -0.15) is 0 Å². The first kappa shape index (κ1) is 30.7. The number of nitrogens with zero attached hydrogens (tertiary/aromatic N) is 2.